The van der Waals surface area contributed by atoms with Crippen LogP contribution in [0.3, 0.4) is 0 Å². The first-order chi connectivity index (χ1) is 9.96. The van der Waals surface area contributed by atoms with Crippen LogP contribution in [0.25, 0.3) is 0 Å². The minimum absolute atomic E-state index is 0.0818. The van der Waals surface area contributed by atoms with Crippen molar-refractivity contribution in [3.63, 3.8) is 0 Å². The standard InChI is InChI=1S/C16H26N2O2S/c1-4-17-11-15-7-5-6-8-16(15)21(19,20)18-12-13(2)9-10-14(18)3/h5-8,13-14,17H,4,9-12H2,1-3H3. The van der Waals surface area contributed by atoms with Crippen molar-refractivity contribution < 1.29 is 8.42 Å². The Morgan fingerprint density at radius 3 is 2.67 bits per heavy atom. The van der Waals surface area contributed by atoms with Gasteiger partial charge in [-0.25, -0.2) is 8.42 Å². The fourth-order valence-corrected chi connectivity index (χ4v) is 4.88. The number of benzene rings is 1. The van der Waals surface area contributed by atoms with E-state index in [0.717, 1.165) is 24.9 Å². The summed E-state index contributed by atoms with van der Waals surface area (Å²) in [5.41, 5.74) is 0.852. The summed E-state index contributed by atoms with van der Waals surface area (Å²) in [5, 5.41) is 3.22. The van der Waals surface area contributed by atoms with Crippen molar-refractivity contribution >= 4 is 10.0 Å². The molecule has 2 unspecified atom stereocenters. The van der Waals surface area contributed by atoms with Crippen LogP contribution < -0.4 is 5.32 Å². The zero-order valence-corrected chi connectivity index (χ0v) is 14.0. The van der Waals surface area contributed by atoms with Crippen LogP contribution in [-0.4, -0.2) is 31.9 Å². The normalized spacial score (nSPS) is 24.1. The Morgan fingerprint density at radius 1 is 1.24 bits per heavy atom. The molecule has 2 rings (SSSR count). The number of rotatable bonds is 5. The van der Waals surface area contributed by atoms with E-state index < -0.39 is 10.0 Å². The van der Waals surface area contributed by atoms with Gasteiger partial charge in [0.2, 0.25) is 10.0 Å². The Hall–Kier alpha value is -0.910. The number of nitrogens with zero attached hydrogens (tertiary/aromatic N) is 1. The second-order valence-corrected chi connectivity index (χ2v) is 7.85. The molecule has 1 aliphatic rings. The molecule has 1 heterocycles. The van der Waals surface area contributed by atoms with Crippen LogP contribution >= 0.6 is 0 Å². The van der Waals surface area contributed by atoms with Crippen LogP contribution in [0, 0.1) is 5.92 Å². The lowest BCUT2D eigenvalue weighted by Crippen LogP contribution is -2.45. The van der Waals surface area contributed by atoms with Crippen molar-refractivity contribution in [2.45, 2.75) is 51.1 Å². The van der Waals surface area contributed by atoms with Crippen LogP contribution in [0.4, 0.5) is 0 Å². The molecule has 0 amide bonds. The highest BCUT2D eigenvalue weighted by Crippen LogP contribution is 2.29. The lowest BCUT2D eigenvalue weighted by atomic mass is 9.97. The lowest BCUT2D eigenvalue weighted by molar-refractivity contribution is 0.218. The molecule has 1 aliphatic heterocycles. The van der Waals surface area contributed by atoms with E-state index in [4.69, 9.17) is 0 Å². The predicted molar refractivity (Wildman–Crippen MR) is 85.6 cm³/mol. The second-order valence-electron chi connectivity index (χ2n) is 5.99. The summed E-state index contributed by atoms with van der Waals surface area (Å²) in [6, 6.07) is 7.41. The third kappa shape index (κ3) is 3.65. The maximum Gasteiger partial charge on any atom is 0.243 e. The van der Waals surface area contributed by atoms with Gasteiger partial charge in [-0.3, -0.25) is 0 Å². The van der Waals surface area contributed by atoms with E-state index in [1.165, 1.54) is 0 Å². The van der Waals surface area contributed by atoms with Gasteiger partial charge < -0.3 is 5.32 Å². The van der Waals surface area contributed by atoms with E-state index >= 15 is 0 Å². The first kappa shape index (κ1) is 16.5. The lowest BCUT2D eigenvalue weighted by Gasteiger charge is -2.36. The quantitative estimate of drug-likeness (QED) is 0.909. The summed E-state index contributed by atoms with van der Waals surface area (Å²) >= 11 is 0. The van der Waals surface area contributed by atoms with E-state index in [2.05, 4.69) is 12.2 Å². The maximum absolute atomic E-state index is 13.0. The second kappa shape index (κ2) is 6.90. The number of hydrogen-bond acceptors (Lipinski definition) is 3. The molecular weight excluding hydrogens is 284 g/mol. The summed E-state index contributed by atoms with van der Waals surface area (Å²) in [6.45, 7) is 8.19. The van der Waals surface area contributed by atoms with Gasteiger partial charge in [0, 0.05) is 19.1 Å². The first-order valence-corrected chi connectivity index (χ1v) is 9.21. The van der Waals surface area contributed by atoms with Crippen molar-refractivity contribution in [1.29, 1.82) is 0 Å². The number of hydrogen-bond donors (Lipinski definition) is 1. The van der Waals surface area contributed by atoms with Gasteiger partial charge in [-0.1, -0.05) is 32.0 Å². The van der Waals surface area contributed by atoms with Gasteiger partial charge in [0.25, 0.3) is 0 Å². The average molecular weight is 310 g/mol. The summed E-state index contributed by atoms with van der Waals surface area (Å²) in [7, 11) is -3.41. The maximum atomic E-state index is 13.0. The minimum Gasteiger partial charge on any atom is -0.313 e. The molecule has 0 saturated carbocycles. The molecule has 5 heteroatoms. The zero-order valence-electron chi connectivity index (χ0n) is 13.2. The van der Waals surface area contributed by atoms with Crippen LogP contribution in [0.5, 0.6) is 0 Å². The highest BCUT2D eigenvalue weighted by molar-refractivity contribution is 7.89. The van der Waals surface area contributed by atoms with Gasteiger partial charge in [-0.2, -0.15) is 4.31 Å². The molecular formula is C16H26N2O2S. The fourth-order valence-electron chi connectivity index (χ4n) is 2.87. The minimum atomic E-state index is -3.41. The molecule has 1 fully saturated rings. The summed E-state index contributed by atoms with van der Waals surface area (Å²) < 4.78 is 27.7. The van der Waals surface area contributed by atoms with Gasteiger partial charge in [0.1, 0.15) is 0 Å². The molecule has 118 valence electrons. The Bertz CT molecular complexity index is 571. The van der Waals surface area contributed by atoms with Gasteiger partial charge in [0.15, 0.2) is 0 Å². The van der Waals surface area contributed by atoms with Crippen LogP contribution in [0.15, 0.2) is 29.2 Å². The smallest absolute Gasteiger partial charge is 0.243 e. The van der Waals surface area contributed by atoms with Gasteiger partial charge in [-0.15, -0.1) is 0 Å². The van der Waals surface area contributed by atoms with Gasteiger partial charge in [-0.05, 0) is 43.9 Å². The van der Waals surface area contributed by atoms with Gasteiger partial charge in [0.05, 0.1) is 4.90 Å². The monoisotopic (exact) mass is 310 g/mol. The summed E-state index contributed by atoms with van der Waals surface area (Å²) in [6.07, 6.45) is 2.04. The van der Waals surface area contributed by atoms with E-state index in [1.54, 1.807) is 16.4 Å². The Morgan fingerprint density at radius 2 is 1.95 bits per heavy atom. The Kier molecular flexibility index (Phi) is 5.41. The number of piperidine rings is 1. The van der Waals surface area contributed by atoms with Crippen molar-refractivity contribution in [1.82, 2.24) is 9.62 Å². The van der Waals surface area contributed by atoms with Gasteiger partial charge >= 0.3 is 0 Å². The SMILES string of the molecule is CCNCc1ccccc1S(=O)(=O)N1CC(C)CCC1C. The number of nitrogens with one attached hydrogen (secondary N) is 1. The largest absolute Gasteiger partial charge is 0.313 e. The van der Waals surface area contributed by atoms with Crippen LogP contribution in [0.2, 0.25) is 0 Å². The van der Waals surface area contributed by atoms with Crippen molar-refractivity contribution in [3.8, 4) is 0 Å². The highest BCUT2D eigenvalue weighted by Gasteiger charge is 2.34. The van der Waals surface area contributed by atoms with Crippen molar-refractivity contribution in [2.75, 3.05) is 13.1 Å². The van der Waals surface area contributed by atoms with Crippen LogP contribution in [-0.2, 0) is 16.6 Å². The fraction of sp³-hybridized carbons (Fsp3) is 0.625. The third-order valence-electron chi connectivity index (χ3n) is 4.19. The van der Waals surface area contributed by atoms with Crippen molar-refractivity contribution in [3.05, 3.63) is 29.8 Å². The molecule has 0 aromatic heterocycles. The van der Waals surface area contributed by atoms with E-state index in [9.17, 15) is 8.42 Å². The topological polar surface area (TPSA) is 49.4 Å². The Labute approximate surface area is 128 Å². The zero-order chi connectivity index (χ0) is 15.5. The molecule has 1 aromatic rings. The molecule has 0 spiro atoms. The summed E-state index contributed by atoms with van der Waals surface area (Å²) in [4.78, 5) is 0.451. The van der Waals surface area contributed by atoms with Crippen molar-refractivity contribution in [2.24, 2.45) is 5.92 Å². The molecule has 2 atom stereocenters. The van der Waals surface area contributed by atoms with E-state index in [-0.39, 0.29) is 6.04 Å². The number of sulfonamides is 1. The molecule has 0 aliphatic carbocycles. The van der Waals surface area contributed by atoms with E-state index in [0.29, 0.717) is 23.9 Å². The highest BCUT2D eigenvalue weighted by atomic mass is 32.2. The third-order valence-corrected chi connectivity index (χ3v) is 6.27. The van der Waals surface area contributed by atoms with E-state index in [1.807, 2.05) is 26.0 Å². The van der Waals surface area contributed by atoms with Crippen LogP contribution in [0.1, 0.15) is 39.2 Å². The molecule has 0 radical (unpaired) electrons. The molecule has 0 bridgehead atoms. The average Bonchev–Trinajstić information content (AvgIpc) is 2.47. The summed E-state index contributed by atoms with van der Waals surface area (Å²) in [5.74, 6) is 0.428. The Balaban J connectivity index is 2.34. The molecule has 1 N–H and O–H groups in total. The molecule has 1 saturated heterocycles. The predicted octanol–water partition coefficient (Wildman–Crippen LogP) is 2.61. The molecule has 21 heavy (non-hydrogen) atoms. The molecule has 1 aromatic carbocycles. The first-order valence-electron chi connectivity index (χ1n) is 7.77. The molecule has 4 nitrogen and oxygen atoms in total.